The molecule has 2 aliphatic rings. The lowest BCUT2D eigenvalue weighted by atomic mass is 10.00. The molecule has 0 spiro atoms. The van der Waals surface area contributed by atoms with Crippen molar-refractivity contribution in [1.29, 1.82) is 0 Å². The standard InChI is InChI=1S/C16H30N6/c1-11-9-17-13(19-11)7-15(3,4)21-22-16(5,6)8-14-18-10-12(2)20-14/h11-12H,7-10H2,1-6H3,(H,17,19)(H,18,20). The van der Waals surface area contributed by atoms with E-state index in [1.165, 1.54) is 0 Å². The quantitative estimate of drug-likeness (QED) is 0.740. The zero-order valence-electron chi connectivity index (χ0n) is 14.8. The minimum atomic E-state index is -0.245. The molecule has 0 fully saturated rings. The first-order chi connectivity index (χ1) is 10.2. The third-order valence-electron chi connectivity index (χ3n) is 3.73. The number of hydrogen-bond acceptors (Lipinski definition) is 6. The fourth-order valence-electron chi connectivity index (χ4n) is 2.62. The monoisotopic (exact) mass is 306 g/mol. The van der Waals surface area contributed by atoms with Crippen LogP contribution in [0.15, 0.2) is 20.2 Å². The molecular formula is C16H30N6. The molecule has 0 aromatic rings. The van der Waals surface area contributed by atoms with Crippen LogP contribution in [0.5, 0.6) is 0 Å². The minimum absolute atomic E-state index is 0.245. The Kier molecular flexibility index (Phi) is 4.87. The van der Waals surface area contributed by atoms with E-state index in [0.29, 0.717) is 12.1 Å². The van der Waals surface area contributed by atoms with Gasteiger partial charge in [0.25, 0.3) is 0 Å². The van der Waals surface area contributed by atoms with Crippen molar-refractivity contribution in [1.82, 2.24) is 10.6 Å². The van der Waals surface area contributed by atoms with E-state index in [1.807, 2.05) is 0 Å². The third-order valence-corrected chi connectivity index (χ3v) is 3.73. The first kappa shape index (κ1) is 16.9. The topological polar surface area (TPSA) is 73.5 Å². The van der Waals surface area contributed by atoms with Crippen molar-refractivity contribution in [2.45, 2.75) is 77.5 Å². The molecule has 2 aliphatic heterocycles. The molecule has 2 N–H and O–H groups in total. The van der Waals surface area contributed by atoms with E-state index in [-0.39, 0.29) is 11.1 Å². The van der Waals surface area contributed by atoms with Crippen molar-refractivity contribution < 1.29 is 0 Å². The molecule has 124 valence electrons. The summed E-state index contributed by atoms with van der Waals surface area (Å²) in [7, 11) is 0. The zero-order valence-corrected chi connectivity index (χ0v) is 14.8. The fraction of sp³-hybridized carbons (Fsp3) is 0.875. The van der Waals surface area contributed by atoms with E-state index < -0.39 is 0 Å². The summed E-state index contributed by atoms with van der Waals surface area (Å²) >= 11 is 0. The SMILES string of the molecule is CC1CN=C(CC(C)(C)N=NC(C)(C)CC2=NCC(C)N2)N1. The summed E-state index contributed by atoms with van der Waals surface area (Å²) in [6.45, 7) is 14.4. The molecule has 0 amide bonds. The van der Waals surface area contributed by atoms with Crippen molar-refractivity contribution in [3.05, 3.63) is 0 Å². The molecule has 2 atom stereocenters. The number of amidine groups is 2. The maximum absolute atomic E-state index is 4.60. The Morgan fingerprint density at radius 1 is 0.864 bits per heavy atom. The average Bonchev–Trinajstić information content (AvgIpc) is 2.96. The number of azo groups is 1. The second-order valence-electron chi connectivity index (χ2n) is 7.84. The van der Waals surface area contributed by atoms with Gasteiger partial charge in [0.1, 0.15) is 0 Å². The lowest BCUT2D eigenvalue weighted by Gasteiger charge is -2.23. The molecule has 0 aromatic heterocycles. The number of nitrogens with one attached hydrogen (secondary N) is 2. The number of aliphatic imine (C=N–C) groups is 2. The van der Waals surface area contributed by atoms with Crippen molar-refractivity contribution in [2.75, 3.05) is 13.1 Å². The van der Waals surface area contributed by atoms with Crippen LogP contribution < -0.4 is 10.6 Å². The number of rotatable bonds is 6. The molecule has 0 bridgehead atoms. The van der Waals surface area contributed by atoms with Gasteiger partial charge in [-0.15, -0.1) is 0 Å². The maximum atomic E-state index is 4.60. The van der Waals surface area contributed by atoms with Gasteiger partial charge in [-0.3, -0.25) is 9.98 Å². The third kappa shape index (κ3) is 5.07. The van der Waals surface area contributed by atoms with Gasteiger partial charge < -0.3 is 10.6 Å². The zero-order chi connectivity index (χ0) is 16.4. The Morgan fingerprint density at radius 3 is 1.50 bits per heavy atom. The predicted octanol–water partition coefficient (Wildman–Crippen LogP) is 2.56. The summed E-state index contributed by atoms with van der Waals surface area (Å²) < 4.78 is 0. The molecule has 6 heteroatoms. The fourth-order valence-corrected chi connectivity index (χ4v) is 2.62. The number of nitrogens with zero attached hydrogens (tertiary/aromatic N) is 4. The highest BCUT2D eigenvalue weighted by molar-refractivity contribution is 5.85. The Hall–Kier alpha value is -1.46. The van der Waals surface area contributed by atoms with Gasteiger partial charge in [0.05, 0.1) is 35.8 Å². The largest absolute Gasteiger partial charge is 0.369 e. The van der Waals surface area contributed by atoms with E-state index >= 15 is 0 Å². The summed E-state index contributed by atoms with van der Waals surface area (Å²) in [5.41, 5.74) is -0.489. The molecule has 0 aliphatic carbocycles. The highest BCUT2D eigenvalue weighted by atomic mass is 15.2. The normalized spacial score (nSPS) is 25.9. The van der Waals surface area contributed by atoms with E-state index in [1.54, 1.807) is 0 Å². The summed E-state index contributed by atoms with van der Waals surface area (Å²) in [6.07, 6.45) is 1.60. The van der Waals surface area contributed by atoms with Crippen LogP contribution in [0, 0.1) is 0 Å². The molecule has 6 nitrogen and oxygen atoms in total. The van der Waals surface area contributed by atoms with Crippen LogP contribution in [-0.4, -0.2) is 47.9 Å². The van der Waals surface area contributed by atoms with Crippen molar-refractivity contribution >= 4 is 11.7 Å². The molecule has 0 saturated carbocycles. The van der Waals surface area contributed by atoms with Gasteiger partial charge in [0, 0.05) is 24.9 Å². The molecule has 22 heavy (non-hydrogen) atoms. The Balaban J connectivity index is 1.90. The summed E-state index contributed by atoms with van der Waals surface area (Å²) in [4.78, 5) is 9.03. The van der Waals surface area contributed by atoms with Gasteiger partial charge in [-0.25, -0.2) is 0 Å². The lowest BCUT2D eigenvalue weighted by Crippen LogP contribution is -2.34. The Labute approximate surface area is 134 Å². The number of hydrogen-bond donors (Lipinski definition) is 2. The van der Waals surface area contributed by atoms with Crippen LogP contribution in [0.2, 0.25) is 0 Å². The van der Waals surface area contributed by atoms with Gasteiger partial charge in [0.2, 0.25) is 0 Å². The average molecular weight is 306 g/mol. The first-order valence-corrected chi connectivity index (χ1v) is 8.19. The van der Waals surface area contributed by atoms with E-state index in [4.69, 9.17) is 0 Å². The molecule has 2 rings (SSSR count). The maximum Gasteiger partial charge on any atom is 0.0991 e. The predicted molar refractivity (Wildman–Crippen MR) is 92.0 cm³/mol. The first-order valence-electron chi connectivity index (χ1n) is 8.19. The second kappa shape index (κ2) is 6.34. The second-order valence-corrected chi connectivity index (χ2v) is 7.84. The van der Waals surface area contributed by atoms with Crippen molar-refractivity contribution in [3.63, 3.8) is 0 Å². The van der Waals surface area contributed by atoms with E-state index in [2.05, 4.69) is 72.4 Å². The summed E-state index contributed by atoms with van der Waals surface area (Å²) in [5.74, 6) is 2.09. The van der Waals surface area contributed by atoms with Crippen LogP contribution in [0.1, 0.15) is 54.4 Å². The smallest absolute Gasteiger partial charge is 0.0991 e. The Morgan fingerprint density at radius 2 is 1.23 bits per heavy atom. The molecule has 0 aromatic carbocycles. The van der Waals surface area contributed by atoms with Gasteiger partial charge in [0.15, 0.2) is 0 Å². The van der Waals surface area contributed by atoms with E-state index in [0.717, 1.165) is 37.6 Å². The van der Waals surface area contributed by atoms with Crippen molar-refractivity contribution in [2.24, 2.45) is 20.2 Å². The molecule has 2 heterocycles. The highest BCUT2D eigenvalue weighted by Gasteiger charge is 2.27. The summed E-state index contributed by atoms with van der Waals surface area (Å²) in [6, 6.07) is 0.875. The van der Waals surface area contributed by atoms with Crippen LogP contribution in [0.4, 0.5) is 0 Å². The summed E-state index contributed by atoms with van der Waals surface area (Å²) in [5, 5.41) is 16.0. The van der Waals surface area contributed by atoms with Gasteiger partial charge in [-0.1, -0.05) is 0 Å². The molecule has 0 saturated heterocycles. The van der Waals surface area contributed by atoms with Crippen LogP contribution in [0.25, 0.3) is 0 Å². The molecule has 0 radical (unpaired) electrons. The van der Waals surface area contributed by atoms with Crippen LogP contribution >= 0.6 is 0 Å². The van der Waals surface area contributed by atoms with Gasteiger partial charge in [-0.05, 0) is 41.5 Å². The molecule has 2 unspecified atom stereocenters. The van der Waals surface area contributed by atoms with Gasteiger partial charge >= 0.3 is 0 Å². The minimum Gasteiger partial charge on any atom is -0.369 e. The Bertz CT molecular complexity index is 445. The highest BCUT2D eigenvalue weighted by Crippen LogP contribution is 2.23. The molecular weight excluding hydrogens is 276 g/mol. The van der Waals surface area contributed by atoms with Crippen LogP contribution in [-0.2, 0) is 0 Å². The van der Waals surface area contributed by atoms with Crippen LogP contribution in [0.3, 0.4) is 0 Å². The van der Waals surface area contributed by atoms with Crippen molar-refractivity contribution in [3.8, 4) is 0 Å². The lowest BCUT2D eigenvalue weighted by molar-refractivity contribution is 0.432. The van der Waals surface area contributed by atoms with E-state index in [9.17, 15) is 0 Å². The van der Waals surface area contributed by atoms with Gasteiger partial charge in [-0.2, -0.15) is 10.2 Å².